The molecule has 0 heterocycles. The minimum atomic E-state index is -0.872. The van der Waals surface area contributed by atoms with E-state index in [1.807, 2.05) is 0 Å². The molecule has 0 aromatic heterocycles. The van der Waals surface area contributed by atoms with Crippen molar-refractivity contribution in [1.82, 2.24) is 0 Å². The van der Waals surface area contributed by atoms with E-state index in [2.05, 4.69) is 0 Å². The maximum atomic E-state index is 12.0. The average Bonchev–Trinajstić information content (AvgIpc) is 2.44. The first-order valence-electron chi connectivity index (χ1n) is 7.21. The second kappa shape index (κ2) is 7.43. The molecule has 8 nitrogen and oxygen atoms in total. The monoisotopic (exact) mass is 348 g/mol. The van der Waals surface area contributed by atoms with Crippen LogP contribution in [0.2, 0.25) is 0 Å². The Hall–Kier alpha value is -3.42. The predicted molar refractivity (Wildman–Crippen MR) is 84.6 cm³/mol. The van der Waals surface area contributed by atoms with E-state index in [0.29, 0.717) is 0 Å². The molecule has 0 saturated carbocycles. The van der Waals surface area contributed by atoms with E-state index in [1.54, 1.807) is 0 Å². The third-order valence-electron chi connectivity index (χ3n) is 3.08. The SMILES string of the molecule is CC(CC(=O)Oc1cc(O)cc(O)c1)C(=O)Oc1cc(O)cc(O)c1. The van der Waals surface area contributed by atoms with Crippen LogP contribution in [0.25, 0.3) is 0 Å². The van der Waals surface area contributed by atoms with Crippen LogP contribution >= 0.6 is 0 Å². The Labute approximate surface area is 142 Å². The second-order valence-electron chi connectivity index (χ2n) is 5.37. The Kier molecular flexibility index (Phi) is 5.33. The molecule has 0 saturated heterocycles. The summed E-state index contributed by atoms with van der Waals surface area (Å²) in [5.41, 5.74) is 0. The standard InChI is InChI=1S/C17H16O8/c1-9(17(23)25-15-7-12(20)4-13(21)8-15)2-16(22)24-14-5-10(18)3-11(19)6-14/h3-9,18-21H,2H2,1H3. The van der Waals surface area contributed by atoms with E-state index in [-0.39, 0.29) is 40.9 Å². The molecule has 1 unspecified atom stereocenters. The fourth-order valence-corrected chi connectivity index (χ4v) is 1.98. The fourth-order valence-electron chi connectivity index (χ4n) is 1.98. The van der Waals surface area contributed by atoms with Crippen LogP contribution in [0.3, 0.4) is 0 Å². The molecule has 0 radical (unpaired) electrons. The summed E-state index contributed by atoms with van der Waals surface area (Å²) >= 11 is 0. The lowest BCUT2D eigenvalue weighted by molar-refractivity contribution is -0.144. The number of hydrogen-bond acceptors (Lipinski definition) is 8. The number of phenols is 4. The van der Waals surface area contributed by atoms with E-state index >= 15 is 0 Å². The van der Waals surface area contributed by atoms with Crippen molar-refractivity contribution >= 4 is 11.9 Å². The molecule has 0 aliphatic carbocycles. The van der Waals surface area contributed by atoms with Crippen molar-refractivity contribution in [3.05, 3.63) is 36.4 Å². The van der Waals surface area contributed by atoms with E-state index in [1.165, 1.54) is 6.92 Å². The molecule has 0 aliphatic rings. The Morgan fingerprint density at radius 1 is 0.800 bits per heavy atom. The first-order valence-corrected chi connectivity index (χ1v) is 7.21. The van der Waals surface area contributed by atoms with Crippen LogP contribution in [0, 0.1) is 5.92 Å². The normalized spacial score (nSPS) is 11.6. The van der Waals surface area contributed by atoms with Crippen LogP contribution in [0.5, 0.6) is 34.5 Å². The van der Waals surface area contributed by atoms with Crippen LogP contribution in [-0.2, 0) is 9.59 Å². The molecule has 25 heavy (non-hydrogen) atoms. The van der Waals surface area contributed by atoms with Gasteiger partial charge in [0.1, 0.15) is 34.5 Å². The number of phenolic OH excluding ortho intramolecular Hbond substituents is 4. The zero-order valence-electron chi connectivity index (χ0n) is 13.2. The van der Waals surface area contributed by atoms with Gasteiger partial charge in [-0.25, -0.2) is 0 Å². The second-order valence-corrected chi connectivity index (χ2v) is 5.37. The number of benzene rings is 2. The van der Waals surface area contributed by atoms with E-state index in [4.69, 9.17) is 9.47 Å². The highest BCUT2D eigenvalue weighted by atomic mass is 16.5. The Balaban J connectivity index is 1.94. The molecular weight excluding hydrogens is 332 g/mol. The van der Waals surface area contributed by atoms with Crippen molar-refractivity contribution in [3.8, 4) is 34.5 Å². The fraction of sp³-hybridized carbons (Fsp3) is 0.176. The maximum Gasteiger partial charge on any atom is 0.314 e. The van der Waals surface area contributed by atoms with Crippen molar-refractivity contribution in [3.63, 3.8) is 0 Å². The van der Waals surface area contributed by atoms with Gasteiger partial charge in [0.25, 0.3) is 0 Å². The molecule has 2 aromatic rings. The van der Waals surface area contributed by atoms with Crippen LogP contribution in [-0.4, -0.2) is 32.4 Å². The Morgan fingerprint density at radius 3 is 1.64 bits per heavy atom. The largest absolute Gasteiger partial charge is 0.508 e. The molecule has 0 spiro atoms. The molecule has 2 rings (SSSR count). The Morgan fingerprint density at radius 2 is 1.20 bits per heavy atom. The van der Waals surface area contributed by atoms with Gasteiger partial charge in [-0.05, 0) is 0 Å². The van der Waals surface area contributed by atoms with Crippen LogP contribution in [0.4, 0.5) is 0 Å². The van der Waals surface area contributed by atoms with Crippen molar-refractivity contribution < 1.29 is 39.5 Å². The van der Waals surface area contributed by atoms with Gasteiger partial charge in [-0.2, -0.15) is 0 Å². The summed E-state index contributed by atoms with van der Waals surface area (Å²) in [4.78, 5) is 23.8. The summed E-state index contributed by atoms with van der Waals surface area (Å²) in [6.07, 6.45) is -0.319. The number of carbonyl (C=O) groups is 2. The molecule has 0 amide bonds. The van der Waals surface area contributed by atoms with Crippen molar-refractivity contribution in [2.75, 3.05) is 0 Å². The van der Waals surface area contributed by atoms with Gasteiger partial charge in [0.05, 0.1) is 12.3 Å². The molecule has 0 aliphatic heterocycles. The zero-order valence-corrected chi connectivity index (χ0v) is 13.2. The zero-order chi connectivity index (χ0) is 18.6. The van der Waals surface area contributed by atoms with Gasteiger partial charge in [-0.3, -0.25) is 9.59 Å². The topological polar surface area (TPSA) is 134 Å². The molecule has 4 N–H and O–H groups in total. The molecule has 8 heteroatoms. The van der Waals surface area contributed by atoms with Gasteiger partial charge in [0.15, 0.2) is 0 Å². The number of esters is 2. The first-order chi connectivity index (χ1) is 11.7. The third-order valence-corrected chi connectivity index (χ3v) is 3.08. The molecule has 132 valence electrons. The molecule has 0 bridgehead atoms. The highest BCUT2D eigenvalue weighted by Crippen LogP contribution is 2.28. The number of aromatic hydroxyl groups is 4. The lowest BCUT2D eigenvalue weighted by Crippen LogP contribution is -2.22. The highest BCUT2D eigenvalue weighted by Gasteiger charge is 2.21. The summed E-state index contributed by atoms with van der Waals surface area (Å²) < 4.78 is 9.92. The van der Waals surface area contributed by atoms with Crippen molar-refractivity contribution in [1.29, 1.82) is 0 Å². The minimum absolute atomic E-state index is 0.0685. The lowest BCUT2D eigenvalue weighted by atomic mass is 10.1. The molecule has 0 fully saturated rings. The lowest BCUT2D eigenvalue weighted by Gasteiger charge is -2.11. The number of carbonyl (C=O) groups excluding carboxylic acids is 2. The highest BCUT2D eigenvalue weighted by molar-refractivity contribution is 5.82. The maximum absolute atomic E-state index is 12.0. The van der Waals surface area contributed by atoms with Crippen LogP contribution in [0.1, 0.15) is 13.3 Å². The van der Waals surface area contributed by atoms with Gasteiger partial charge >= 0.3 is 11.9 Å². The predicted octanol–water partition coefficient (Wildman–Crippen LogP) is 2.05. The summed E-state index contributed by atoms with van der Waals surface area (Å²) in [6, 6.07) is 6.69. The summed E-state index contributed by atoms with van der Waals surface area (Å²) in [7, 11) is 0. The summed E-state index contributed by atoms with van der Waals surface area (Å²) in [6.45, 7) is 1.44. The van der Waals surface area contributed by atoms with Gasteiger partial charge in [0, 0.05) is 36.4 Å². The van der Waals surface area contributed by atoms with Gasteiger partial charge in [0.2, 0.25) is 0 Å². The average molecular weight is 348 g/mol. The quantitative estimate of drug-likeness (QED) is 0.476. The molecular formula is C17H16O8. The van der Waals surface area contributed by atoms with E-state index in [0.717, 1.165) is 36.4 Å². The van der Waals surface area contributed by atoms with E-state index < -0.39 is 17.9 Å². The molecule has 2 aromatic carbocycles. The molecule has 1 atom stereocenters. The third kappa shape index (κ3) is 5.31. The number of hydrogen-bond donors (Lipinski definition) is 4. The summed E-state index contributed by atoms with van der Waals surface area (Å²) in [5.74, 6) is -3.66. The van der Waals surface area contributed by atoms with Crippen LogP contribution < -0.4 is 9.47 Å². The van der Waals surface area contributed by atoms with Crippen molar-refractivity contribution in [2.24, 2.45) is 5.92 Å². The minimum Gasteiger partial charge on any atom is -0.508 e. The smallest absolute Gasteiger partial charge is 0.314 e. The van der Waals surface area contributed by atoms with E-state index in [9.17, 15) is 30.0 Å². The summed E-state index contributed by atoms with van der Waals surface area (Å²) in [5, 5.41) is 37.3. The first kappa shape index (κ1) is 17.9. The van der Waals surface area contributed by atoms with Crippen molar-refractivity contribution in [2.45, 2.75) is 13.3 Å². The van der Waals surface area contributed by atoms with Gasteiger partial charge < -0.3 is 29.9 Å². The Bertz CT molecular complexity index is 759. The van der Waals surface area contributed by atoms with Gasteiger partial charge in [-0.15, -0.1) is 0 Å². The number of ether oxygens (including phenoxy) is 2. The van der Waals surface area contributed by atoms with Crippen LogP contribution in [0.15, 0.2) is 36.4 Å². The number of rotatable bonds is 5. The van der Waals surface area contributed by atoms with Gasteiger partial charge in [-0.1, -0.05) is 6.92 Å².